The van der Waals surface area contributed by atoms with Gasteiger partial charge < -0.3 is 19.2 Å². The van der Waals surface area contributed by atoms with Gasteiger partial charge in [-0.25, -0.2) is 0 Å². The van der Waals surface area contributed by atoms with Crippen molar-refractivity contribution in [1.29, 1.82) is 0 Å². The number of aliphatic hydroxyl groups excluding tert-OH is 1. The SMILES string of the molecule is O=C(c1ccco1)N1CCOc2ccc(C(O)C3CCCCC3)cc2C1. The molecule has 2 aliphatic rings. The molecular formula is C21H25NO4. The van der Waals surface area contributed by atoms with Crippen LogP contribution in [0, 0.1) is 5.92 Å². The van der Waals surface area contributed by atoms with Gasteiger partial charge in [0.05, 0.1) is 18.9 Å². The maximum Gasteiger partial charge on any atom is 0.289 e. The lowest BCUT2D eigenvalue weighted by Gasteiger charge is -2.27. The van der Waals surface area contributed by atoms with Crippen LogP contribution in [0.3, 0.4) is 0 Å². The van der Waals surface area contributed by atoms with Crippen molar-refractivity contribution < 1.29 is 19.1 Å². The van der Waals surface area contributed by atoms with Crippen molar-refractivity contribution in [3.05, 3.63) is 53.5 Å². The van der Waals surface area contributed by atoms with Crippen molar-refractivity contribution in [3.63, 3.8) is 0 Å². The van der Waals surface area contributed by atoms with E-state index in [0.717, 1.165) is 29.7 Å². The number of benzene rings is 1. The van der Waals surface area contributed by atoms with Crippen molar-refractivity contribution in [2.24, 2.45) is 5.92 Å². The quantitative estimate of drug-likeness (QED) is 0.906. The van der Waals surface area contributed by atoms with Gasteiger partial charge in [-0.15, -0.1) is 0 Å². The third-order valence-electron chi connectivity index (χ3n) is 5.52. The molecule has 0 saturated heterocycles. The van der Waals surface area contributed by atoms with Crippen LogP contribution in [0.1, 0.15) is 59.9 Å². The molecule has 2 heterocycles. The summed E-state index contributed by atoms with van der Waals surface area (Å²) in [5.74, 6) is 1.32. The molecule has 0 spiro atoms. The standard InChI is InChI=1S/C21H25NO4/c23-20(15-5-2-1-3-6-15)16-8-9-18-17(13-16)14-22(10-12-26-18)21(24)19-7-4-11-25-19/h4,7-9,11,13,15,20,23H,1-3,5-6,10,12,14H2. The van der Waals surface area contributed by atoms with E-state index in [1.807, 2.05) is 18.2 Å². The molecule has 1 unspecified atom stereocenters. The highest BCUT2D eigenvalue weighted by Crippen LogP contribution is 2.36. The van der Waals surface area contributed by atoms with Crippen LogP contribution >= 0.6 is 0 Å². The predicted molar refractivity (Wildman–Crippen MR) is 96.9 cm³/mol. The van der Waals surface area contributed by atoms with Gasteiger partial charge in [0.1, 0.15) is 12.4 Å². The monoisotopic (exact) mass is 355 g/mol. The number of rotatable bonds is 3. The number of fused-ring (bicyclic) bond motifs is 1. The summed E-state index contributed by atoms with van der Waals surface area (Å²) in [6.07, 6.45) is 6.88. The number of carbonyl (C=O) groups excluding carboxylic acids is 1. The van der Waals surface area contributed by atoms with E-state index in [2.05, 4.69) is 0 Å². The maximum atomic E-state index is 12.6. The van der Waals surface area contributed by atoms with E-state index in [1.165, 1.54) is 25.5 Å². The van der Waals surface area contributed by atoms with Crippen LogP contribution in [-0.4, -0.2) is 29.1 Å². The van der Waals surface area contributed by atoms with Gasteiger partial charge in [0.25, 0.3) is 5.91 Å². The maximum absolute atomic E-state index is 12.6. The summed E-state index contributed by atoms with van der Waals surface area (Å²) in [5, 5.41) is 10.8. The first kappa shape index (κ1) is 17.2. The molecule has 0 radical (unpaired) electrons. The fraction of sp³-hybridized carbons (Fsp3) is 0.476. The molecular weight excluding hydrogens is 330 g/mol. The zero-order valence-electron chi connectivity index (χ0n) is 14.9. The zero-order valence-corrected chi connectivity index (χ0v) is 14.9. The second-order valence-electron chi connectivity index (χ2n) is 7.26. The lowest BCUT2D eigenvalue weighted by Crippen LogP contribution is -2.32. The number of amides is 1. The first-order valence-corrected chi connectivity index (χ1v) is 9.49. The molecule has 1 amide bonds. The largest absolute Gasteiger partial charge is 0.491 e. The van der Waals surface area contributed by atoms with Crippen molar-refractivity contribution >= 4 is 5.91 Å². The van der Waals surface area contributed by atoms with Crippen molar-refractivity contribution in [2.45, 2.75) is 44.8 Å². The normalized spacial score (nSPS) is 19.3. The Morgan fingerprint density at radius 1 is 1.19 bits per heavy atom. The van der Waals surface area contributed by atoms with E-state index in [1.54, 1.807) is 17.0 Å². The zero-order chi connectivity index (χ0) is 17.9. The lowest BCUT2D eigenvalue weighted by molar-refractivity contribution is 0.0701. The van der Waals surface area contributed by atoms with Gasteiger partial charge >= 0.3 is 0 Å². The molecule has 1 N–H and O–H groups in total. The molecule has 1 aromatic heterocycles. The third kappa shape index (κ3) is 3.49. The van der Waals surface area contributed by atoms with Gasteiger partial charge in [-0.05, 0) is 48.6 Å². The van der Waals surface area contributed by atoms with Gasteiger partial charge in [0, 0.05) is 12.1 Å². The highest BCUT2D eigenvalue weighted by Gasteiger charge is 2.26. The fourth-order valence-electron chi connectivity index (χ4n) is 4.05. The Kier molecular flexibility index (Phi) is 4.98. The fourth-order valence-corrected chi connectivity index (χ4v) is 4.05. The predicted octanol–water partition coefficient (Wildman–Crippen LogP) is 3.93. The Labute approximate surface area is 153 Å². The Balaban J connectivity index is 1.55. The first-order valence-electron chi connectivity index (χ1n) is 9.49. The summed E-state index contributed by atoms with van der Waals surface area (Å²) >= 11 is 0. The van der Waals surface area contributed by atoms with Gasteiger partial charge in [0.15, 0.2) is 5.76 Å². The van der Waals surface area contributed by atoms with Crippen LogP contribution in [0.5, 0.6) is 5.75 Å². The minimum atomic E-state index is -0.446. The average molecular weight is 355 g/mol. The third-order valence-corrected chi connectivity index (χ3v) is 5.52. The topological polar surface area (TPSA) is 62.9 Å². The molecule has 1 aromatic carbocycles. The summed E-state index contributed by atoms with van der Waals surface area (Å²) < 4.78 is 11.1. The number of nitrogens with zero attached hydrogens (tertiary/aromatic N) is 1. The first-order chi connectivity index (χ1) is 12.7. The molecule has 4 rings (SSSR count). The molecule has 5 heteroatoms. The summed E-state index contributed by atoms with van der Waals surface area (Å²) in [6.45, 7) is 1.42. The number of carbonyl (C=O) groups is 1. The molecule has 138 valence electrons. The Hall–Kier alpha value is -2.27. The summed E-state index contributed by atoms with van der Waals surface area (Å²) in [4.78, 5) is 14.4. The van der Waals surface area contributed by atoms with Crippen LogP contribution < -0.4 is 4.74 Å². The summed E-state index contributed by atoms with van der Waals surface area (Å²) in [7, 11) is 0. The van der Waals surface area contributed by atoms with Crippen LogP contribution in [0.2, 0.25) is 0 Å². The van der Waals surface area contributed by atoms with E-state index in [4.69, 9.17) is 9.15 Å². The summed E-state index contributed by atoms with van der Waals surface area (Å²) in [6, 6.07) is 9.29. The van der Waals surface area contributed by atoms with E-state index in [0.29, 0.717) is 31.4 Å². The number of hydrogen-bond donors (Lipinski definition) is 1. The highest BCUT2D eigenvalue weighted by molar-refractivity contribution is 5.91. The highest BCUT2D eigenvalue weighted by atomic mass is 16.5. The van der Waals surface area contributed by atoms with Crippen molar-refractivity contribution in [2.75, 3.05) is 13.2 Å². The number of aliphatic hydroxyl groups is 1. The van der Waals surface area contributed by atoms with E-state index >= 15 is 0 Å². The van der Waals surface area contributed by atoms with E-state index in [-0.39, 0.29) is 5.91 Å². The van der Waals surface area contributed by atoms with Crippen molar-refractivity contribution in [3.8, 4) is 5.75 Å². The smallest absolute Gasteiger partial charge is 0.289 e. The van der Waals surface area contributed by atoms with Crippen LogP contribution in [0.25, 0.3) is 0 Å². The molecule has 1 atom stereocenters. The minimum Gasteiger partial charge on any atom is -0.491 e. The average Bonchev–Trinajstić information content (AvgIpc) is 3.14. The van der Waals surface area contributed by atoms with E-state index < -0.39 is 6.10 Å². The van der Waals surface area contributed by atoms with E-state index in [9.17, 15) is 9.90 Å². The minimum absolute atomic E-state index is 0.135. The van der Waals surface area contributed by atoms with Gasteiger partial charge in [-0.1, -0.05) is 25.3 Å². The number of ether oxygens (including phenoxy) is 1. The Bertz CT molecular complexity index is 749. The van der Waals surface area contributed by atoms with Crippen LogP contribution in [-0.2, 0) is 6.54 Å². The number of furan rings is 1. The van der Waals surface area contributed by atoms with Gasteiger partial charge in [0.2, 0.25) is 0 Å². The number of hydrogen-bond acceptors (Lipinski definition) is 4. The molecule has 1 aliphatic carbocycles. The molecule has 5 nitrogen and oxygen atoms in total. The second kappa shape index (κ2) is 7.54. The molecule has 1 saturated carbocycles. The second-order valence-corrected chi connectivity index (χ2v) is 7.26. The molecule has 2 aromatic rings. The Morgan fingerprint density at radius 2 is 2.04 bits per heavy atom. The van der Waals surface area contributed by atoms with Gasteiger partial charge in [-0.3, -0.25) is 4.79 Å². The molecule has 1 fully saturated rings. The lowest BCUT2D eigenvalue weighted by atomic mass is 9.82. The van der Waals surface area contributed by atoms with Gasteiger partial charge in [-0.2, -0.15) is 0 Å². The Morgan fingerprint density at radius 3 is 2.81 bits per heavy atom. The summed E-state index contributed by atoms with van der Waals surface area (Å²) in [5.41, 5.74) is 1.86. The molecule has 0 bridgehead atoms. The van der Waals surface area contributed by atoms with Crippen LogP contribution in [0.4, 0.5) is 0 Å². The van der Waals surface area contributed by atoms with Crippen molar-refractivity contribution in [1.82, 2.24) is 4.90 Å². The van der Waals surface area contributed by atoms with Crippen LogP contribution in [0.15, 0.2) is 41.0 Å². The molecule has 26 heavy (non-hydrogen) atoms. The molecule has 1 aliphatic heterocycles.